The van der Waals surface area contributed by atoms with Crippen LogP contribution in [0.1, 0.15) is 50.7 Å². The van der Waals surface area contributed by atoms with Crippen molar-refractivity contribution in [3.8, 4) is 5.75 Å². The number of guanidine groups is 1. The molecule has 1 saturated heterocycles. The predicted molar refractivity (Wildman–Crippen MR) is 110 cm³/mol. The maximum Gasteiger partial charge on any atom is 0.191 e. The van der Waals surface area contributed by atoms with E-state index in [4.69, 9.17) is 14.5 Å². The number of nitrogens with one attached hydrogen (secondary N) is 2. The lowest BCUT2D eigenvalue weighted by molar-refractivity contribution is 0.166. The molecule has 5 nitrogen and oxygen atoms in total. The normalized spacial score (nSPS) is 24.7. The molecule has 1 saturated carbocycles. The van der Waals surface area contributed by atoms with Crippen LogP contribution in [0.25, 0.3) is 0 Å². The van der Waals surface area contributed by atoms with Crippen molar-refractivity contribution in [2.75, 3.05) is 26.4 Å². The van der Waals surface area contributed by atoms with E-state index in [0.29, 0.717) is 18.5 Å². The number of nitrogens with zero attached hydrogens (tertiary/aromatic N) is 1. The maximum atomic E-state index is 6.15. The molecule has 1 aliphatic carbocycles. The second-order valence-corrected chi connectivity index (χ2v) is 7.88. The second kappa shape index (κ2) is 9.98. The standard InChI is InChI=1S/C22H35N3O2/c1-4-6-18-12-20(18)25-22(23-5-2)24-13-19-8-7-16(3)11-21(19)27-15-17-9-10-26-14-17/h7-8,11,17-18,20H,4-6,9-10,12-15H2,1-3H3,(H2,23,24,25). The first kappa shape index (κ1) is 20.0. The summed E-state index contributed by atoms with van der Waals surface area (Å²) in [5.74, 6) is 3.19. The van der Waals surface area contributed by atoms with E-state index >= 15 is 0 Å². The van der Waals surface area contributed by atoms with Gasteiger partial charge >= 0.3 is 0 Å². The van der Waals surface area contributed by atoms with Gasteiger partial charge in [-0.2, -0.15) is 0 Å². The summed E-state index contributed by atoms with van der Waals surface area (Å²) < 4.78 is 11.6. The molecule has 27 heavy (non-hydrogen) atoms. The minimum absolute atomic E-state index is 0.506. The van der Waals surface area contributed by atoms with Crippen molar-refractivity contribution in [3.63, 3.8) is 0 Å². The van der Waals surface area contributed by atoms with Crippen molar-refractivity contribution >= 4 is 5.96 Å². The number of ether oxygens (including phenoxy) is 2. The van der Waals surface area contributed by atoms with Crippen LogP contribution in [-0.2, 0) is 11.3 Å². The van der Waals surface area contributed by atoms with Crippen molar-refractivity contribution in [2.24, 2.45) is 16.8 Å². The third-order valence-corrected chi connectivity index (χ3v) is 5.38. The summed E-state index contributed by atoms with van der Waals surface area (Å²) in [6.07, 6.45) is 4.92. The van der Waals surface area contributed by atoms with Crippen LogP contribution in [-0.4, -0.2) is 38.4 Å². The van der Waals surface area contributed by atoms with Crippen LogP contribution in [0.2, 0.25) is 0 Å². The lowest BCUT2D eigenvalue weighted by atomic mass is 10.1. The molecule has 3 unspecified atom stereocenters. The fourth-order valence-corrected chi connectivity index (χ4v) is 3.62. The minimum Gasteiger partial charge on any atom is -0.493 e. The Morgan fingerprint density at radius 2 is 2.22 bits per heavy atom. The van der Waals surface area contributed by atoms with Crippen molar-refractivity contribution in [3.05, 3.63) is 29.3 Å². The van der Waals surface area contributed by atoms with Crippen LogP contribution in [0.3, 0.4) is 0 Å². The summed E-state index contributed by atoms with van der Waals surface area (Å²) in [7, 11) is 0. The highest BCUT2D eigenvalue weighted by Crippen LogP contribution is 2.34. The van der Waals surface area contributed by atoms with Crippen LogP contribution in [0.5, 0.6) is 5.75 Å². The van der Waals surface area contributed by atoms with E-state index in [2.05, 4.69) is 49.6 Å². The Morgan fingerprint density at radius 3 is 2.96 bits per heavy atom. The van der Waals surface area contributed by atoms with E-state index in [-0.39, 0.29) is 0 Å². The molecule has 2 aliphatic rings. The van der Waals surface area contributed by atoms with Gasteiger partial charge in [0.05, 0.1) is 19.8 Å². The van der Waals surface area contributed by atoms with Gasteiger partial charge in [0.15, 0.2) is 5.96 Å². The molecule has 0 amide bonds. The highest BCUT2D eigenvalue weighted by molar-refractivity contribution is 5.80. The number of rotatable bonds is 9. The highest BCUT2D eigenvalue weighted by atomic mass is 16.5. The van der Waals surface area contributed by atoms with Gasteiger partial charge in [0.25, 0.3) is 0 Å². The van der Waals surface area contributed by atoms with E-state index in [1.54, 1.807) is 0 Å². The zero-order chi connectivity index (χ0) is 19.1. The van der Waals surface area contributed by atoms with E-state index < -0.39 is 0 Å². The third-order valence-electron chi connectivity index (χ3n) is 5.38. The Bertz CT molecular complexity index is 626. The van der Waals surface area contributed by atoms with Gasteiger partial charge in [-0.3, -0.25) is 0 Å². The van der Waals surface area contributed by atoms with Crippen LogP contribution >= 0.6 is 0 Å². The number of hydrogen-bond acceptors (Lipinski definition) is 3. The molecule has 0 aromatic heterocycles. The summed E-state index contributed by atoms with van der Waals surface area (Å²) in [6.45, 7) is 10.4. The molecule has 5 heteroatoms. The molecule has 150 valence electrons. The van der Waals surface area contributed by atoms with Crippen molar-refractivity contribution in [2.45, 2.75) is 59.0 Å². The molecule has 2 fully saturated rings. The Morgan fingerprint density at radius 1 is 1.33 bits per heavy atom. The van der Waals surface area contributed by atoms with Gasteiger partial charge in [-0.1, -0.05) is 25.5 Å². The van der Waals surface area contributed by atoms with Crippen molar-refractivity contribution in [1.29, 1.82) is 0 Å². The quantitative estimate of drug-likeness (QED) is 0.512. The zero-order valence-corrected chi connectivity index (χ0v) is 17.1. The Balaban J connectivity index is 1.60. The van der Waals surface area contributed by atoms with Gasteiger partial charge in [-0.15, -0.1) is 0 Å². The summed E-state index contributed by atoms with van der Waals surface area (Å²) in [4.78, 5) is 4.82. The fraction of sp³-hybridized carbons (Fsp3) is 0.682. The van der Waals surface area contributed by atoms with E-state index in [9.17, 15) is 0 Å². The molecule has 2 N–H and O–H groups in total. The minimum atomic E-state index is 0.506. The Labute approximate surface area is 163 Å². The molecule has 0 radical (unpaired) electrons. The molecule has 3 rings (SSSR count). The van der Waals surface area contributed by atoms with E-state index in [1.165, 1.54) is 24.8 Å². The van der Waals surface area contributed by atoms with Crippen molar-refractivity contribution < 1.29 is 9.47 Å². The monoisotopic (exact) mass is 373 g/mol. The summed E-state index contributed by atoms with van der Waals surface area (Å²) >= 11 is 0. The Kier molecular flexibility index (Phi) is 7.39. The number of benzene rings is 1. The highest BCUT2D eigenvalue weighted by Gasteiger charge is 2.36. The number of hydrogen-bond donors (Lipinski definition) is 2. The molecule has 0 bridgehead atoms. The average Bonchev–Trinajstić information content (AvgIpc) is 3.17. The molecular weight excluding hydrogens is 338 g/mol. The summed E-state index contributed by atoms with van der Waals surface area (Å²) in [6, 6.07) is 6.98. The van der Waals surface area contributed by atoms with Gasteiger partial charge in [0.1, 0.15) is 5.75 Å². The van der Waals surface area contributed by atoms with E-state index in [1.807, 2.05) is 0 Å². The zero-order valence-electron chi connectivity index (χ0n) is 17.1. The molecule has 1 aromatic rings. The summed E-state index contributed by atoms with van der Waals surface area (Å²) in [5.41, 5.74) is 2.35. The van der Waals surface area contributed by atoms with Crippen LogP contribution in [0.4, 0.5) is 0 Å². The average molecular weight is 374 g/mol. The maximum absolute atomic E-state index is 6.15. The largest absolute Gasteiger partial charge is 0.493 e. The SMILES string of the molecule is CCCC1CC1NC(=NCc1ccc(C)cc1OCC1CCOC1)NCC. The third kappa shape index (κ3) is 6.13. The Hall–Kier alpha value is -1.75. The van der Waals surface area contributed by atoms with Gasteiger partial charge < -0.3 is 20.1 Å². The molecule has 3 atom stereocenters. The van der Waals surface area contributed by atoms with Crippen LogP contribution < -0.4 is 15.4 Å². The lowest BCUT2D eigenvalue weighted by Gasteiger charge is -2.15. The second-order valence-electron chi connectivity index (χ2n) is 7.88. The molecule has 0 spiro atoms. The van der Waals surface area contributed by atoms with Gasteiger partial charge in [0.2, 0.25) is 0 Å². The topological polar surface area (TPSA) is 54.9 Å². The first-order valence-corrected chi connectivity index (χ1v) is 10.5. The predicted octanol–water partition coefficient (Wildman–Crippen LogP) is 3.65. The van der Waals surface area contributed by atoms with Gasteiger partial charge in [0, 0.05) is 30.7 Å². The summed E-state index contributed by atoms with van der Waals surface area (Å²) in [5, 5.41) is 6.96. The number of aliphatic imine (C=N–C) groups is 1. The van der Waals surface area contributed by atoms with E-state index in [0.717, 1.165) is 56.0 Å². The number of aryl methyl sites for hydroxylation is 1. The molecular formula is C22H35N3O2. The van der Waals surface area contributed by atoms with Crippen LogP contribution in [0.15, 0.2) is 23.2 Å². The smallest absolute Gasteiger partial charge is 0.191 e. The van der Waals surface area contributed by atoms with Gasteiger partial charge in [-0.25, -0.2) is 4.99 Å². The molecule has 1 aliphatic heterocycles. The van der Waals surface area contributed by atoms with Gasteiger partial charge in [-0.05, 0) is 50.7 Å². The first-order chi connectivity index (χ1) is 13.2. The van der Waals surface area contributed by atoms with Crippen molar-refractivity contribution in [1.82, 2.24) is 10.6 Å². The van der Waals surface area contributed by atoms with Crippen LogP contribution in [0, 0.1) is 18.8 Å². The molecule has 1 heterocycles. The lowest BCUT2D eigenvalue weighted by Crippen LogP contribution is -2.39. The molecule has 1 aromatic carbocycles. The fourth-order valence-electron chi connectivity index (χ4n) is 3.62. The first-order valence-electron chi connectivity index (χ1n) is 10.5.